The molecule has 1 aromatic heterocycles. The van der Waals surface area contributed by atoms with Crippen LogP contribution < -0.4 is 16.1 Å². The highest BCUT2D eigenvalue weighted by Gasteiger charge is 2.34. The summed E-state index contributed by atoms with van der Waals surface area (Å²) in [5, 5.41) is 10.7. The molecule has 2 amide bonds. The second-order valence-corrected chi connectivity index (χ2v) is 6.47. The Balaban J connectivity index is 1.66. The Morgan fingerprint density at radius 2 is 2.04 bits per heavy atom. The Kier molecular flexibility index (Phi) is 4.90. The number of rotatable bonds is 6. The summed E-state index contributed by atoms with van der Waals surface area (Å²) in [4.78, 5) is 25.2. The van der Waals surface area contributed by atoms with Gasteiger partial charge in [0, 0.05) is 17.8 Å². The molecule has 6 nitrogen and oxygen atoms in total. The van der Waals surface area contributed by atoms with Crippen LogP contribution in [0.2, 0.25) is 0 Å². The van der Waals surface area contributed by atoms with E-state index in [9.17, 15) is 9.59 Å². The third kappa shape index (κ3) is 3.62. The number of hydrogen-bond donors (Lipinski definition) is 2. The second-order valence-electron chi connectivity index (χ2n) is 5.43. The number of para-hydroxylation sites is 1. The molecule has 1 atom stereocenters. The van der Waals surface area contributed by atoms with Crippen LogP contribution in [0.25, 0.3) is 0 Å². The summed E-state index contributed by atoms with van der Waals surface area (Å²) in [7, 11) is 0. The number of carbonyl (C=O) groups is 2. The van der Waals surface area contributed by atoms with E-state index in [0.717, 1.165) is 12.1 Å². The van der Waals surface area contributed by atoms with Crippen molar-refractivity contribution in [3.05, 3.63) is 52.7 Å². The number of hydrazone groups is 1. The molecule has 0 aliphatic carbocycles. The van der Waals surface area contributed by atoms with Crippen LogP contribution in [0.1, 0.15) is 11.3 Å². The summed E-state index contributed by atoms with van der Waals surface area (Å²) >= 11 is 1.66. The third-order valence-electron chi connectivity index (χ3n) is 3.76. The van der Waals surface area contributed by atoms with E-state index in [1.54, 1.807) is 11.3 Å². The topological polar surface area (TPSA) is 87.8 Å². The minimum atomic E-state index is -0.634. The molecule has 0 fully saturated rings. The van der Waals surface area contributed by atoms with Crippen molar-refractivity contribution in [2.75, 3.05) is 11.6 Å². The lowest BCUT2D eigenvalue weighted by Crippen LogP contribution is -2.40. The van der Waals surface area contributed by atoms with E-state index in [0.29, 0.717) is 12.3 Å². The molecule has 3 N–H and O–H groups in total. The molecule has 0 saturated carbocycles. The zero-order valence-electron chi connectivity index (χ0n) is 13.0. The van der Waals surface area contributed by atoms with Gasteiger partial charge in [-0.15, -0.1) is 11.3 Å². The molecule has 124 valence electrons. The minimum Gasteiger partial charge on any atom is -0.368 e. The van der Waals surface area contributed by atoms with Crippen molar-refractivity contribution in [2.24, 2.45) is 10.8 Å². The summed E-state index contributed by atoms with van der Waals surface area (Å²) in [6.07, 6.45) is 0.993. The molecule has 2 aromatic rings. The first-order valence-corrected chi connectivity index (χ1v) is 8.55. The molecule has 0 bridgehead atoms. The van der Waals surface area contributed by atoms with Gasteiger partial charge in [-0.3, -0.25) is 14.6 Å². The van der Waals surface area contributed by atoms with Gasteiger partial charge in [0.25, 0.3) is 5.91 Å². The van der Waals surface area contributed by atoms with Gasteiger partial charge in [-0.05, 0) is 30.0 Å². The van der Waals surface area contributed by atoms with Crippen LogP contribution in [0.5, 0.6) is 0 Å². The van der Waals surface area contributed by atoms with E-state index in [1.165, 1.54) is 9.89 Å². The number of anilines is 1. The average Bonchev–Trinajstić information content (AvgIpc) is 3.25. The first-order valence-electron chi connectivity index (χ1n) is 7.67. The van der Waals surface area contributed by atoms with E-state index in [1.807, 2.05) is 47.8 Å². The smallest absolute Gasteiger partial charge is 0.267 e. The molecule has 0 spiro atoms. The van der Waals surface area contributed by atoms with Crippen LogP contribution in [0.4, 0.5) is 5.69 Å². The molecule has 1 aliphatic rings. The highest BCUT2D eigenvalue weighted by Crippen LogP contribution is 2.24. The van der Waals surface area contributed by atoms with Gasteiger partial charge in [-0.2, -0.15) is 5.10 Å². The molecule has 2 heterocycles. The monoisotopic (exact) mass is 342 g/mol. The van der Waals surface area contributed by atoms with Crippen LogP contribution in [0.3, 0.4) is 0 Å². The van der Waals surface area contributed by atoms with Gasteiger partial charge in [0.1, 0.15) is 11.8 Å². The van der Waals surface area contributed by atoms with E-state index in [4.69, 9.17) is 5.73 Å². The SMILES string of the molecule is NC(=O)C1CC(C(=O)NCCc2cccs2)=NN1c1ccccc1. The van der Waals surface area contributed by atoms with Crippen LogP contribution >= 0.6 is 11.3 Å². The Hall–Kier alpha value is -2.67. The van der Waals surface area contributed by atoms with Crippen molar-refractivity contribution >= 4 is 34.6 Å². The Morgan fingerprint density at radius 3 is 2.71 bits per heavy atom. The number of primary amides is 1. The lowest BCUT2D eigenvalue weighted by atomic mass is 10.1. The molecule has 3 rings (SSSR count). The summed E-state index contributed by atoms with van der Waals surface area (Å²) < 4.78 is 0. The van der Waals surface area contributed by atoms with Crippen molar-refractivity contribution in [2.45, 2.75) is 18.9 Å². The third-order valence-corrected chi connectivity index (χ3v) is 4.69. The van der Waals surface area contributed by atoms with Gasteiger partial charge in [0.05, 0.1) is 5.69 Å². The Bertz CT molecular complexity index is 743. The average molecular weight is 342 g/mol. The number of carbonyl (C=O) groups excluding carboxylic acids is 2. The molecule has 0 saturated heterocycles. The number of hydrogen-bond acceptors (Lipinski definition) is 5. The van der Waals surface area contributed by atoms with Gasteiger partial charge in [-0.25, -0.2) is 0 Å². The van der Waals surface area contributed by atoms with Crippen molar-refractivity contribution in [3.8, 4) is 0 Å². The molecular weight excluding hydrogens is 324 g/mol. The molecular formula is C17H18N4O2S. The summed E-state index contributed by atoms with van der Waals surface area (Å²) in [6.45, 7) is 0.533. The second kappa shape index (κ2) is 7.27. The number of benzene rings is 1. The minimum absolute atomic E-state index is 0.217. The summed E-state index contributed by atoms with van der Waals surface area (Å²) in [5.41, 5.74) is 6.53. The molecule has 24 heavy (non-hydrogen) atoms. The number of thiophene rings is 1. The van der Waals surface area contributed by atoms with Crippen LogP contribution in [0, 0.1) is 0 Å². The lowest BCUT2D eigenvalue weighted by molar-refractivity contribution is -0.119. The summed E-state index contributed by atoms with van der Waals surface area (Å²) in [6, 6.07) is 12.6. The van der Waals surface area contributed by atoms with Gasteiger partial charge in [0.2, 0.25) is 5.91 Å². The standard InChI is InChI=1S/C17H18N4O2S/c18-16(22)15-11-14(20-21(15)12-5-2-1-3-6-12)17(23)19-9-8-13-7-4-10-24-13/h1-7,10,15H,8-9,11H2,(H2,18,22)(H,19,23). The predicted octanol–water partition coefficient (Wildman–Crippen LogP) is 1.53. The highest BCUT2D eigenvalue weighted by molar-refractivity contribution is 7.09. The molecule has 1 aromatic carbocycles. The zero-order valence-corrected chi connectivity index (χ0v) is 13.8. The number of nitrogens with zero attached hydrogens (tertiary/aromatic N) is 2. The highest BCUT2D eigenvalue weighted by atomic mass is 32.1. The maximum Gasteiger partial charge on any atom is 0.267 e. The number of nitrogens with two attached hydrogens (primary N) is 1. The molecule has 1 aliphatic heterocycles. The maximum absolute atomic E-state index is 12.3. The van der Waals surface area contributed by atoms with Gasteiger partial charge < -0.3 is 11.1 Å². The van der Waals surface area contributed by atoms with Crippen LogP contribution in [-0.4, -0.2) is 30.1 Å². The van der Waals surface area contributed by atoms with Crippen molar-refractivity contribution < 1.29 is 9.59 Å². The normalized spacial score (nSPS) is 16.8. The van der Waals surface area contributed by atoms with Crippen LogP contribution in [0.15, 0.2) is 52.9 Å². The fourth-order valence-electron chi connectivity index (χ4n) is 2.54. The first kappa shape index (κ1) is 16.2. The van der Waals surface area contributed by atoms with E-state index in [2.05, 4.69) is 10.4 Å². The molecule has 1 unspecified atom stereocenters. The van der Waals surface area contributed by atoms with E-state index in [-0.39, 0.29) is 12.3 Å². The lowest BCUT2D eigenvalue weighted by Gasteiger charge is -2.20. The van der Waals surface area contributed by atoms with Crippen LogP contribution in [-0.2, 0) is 16.0 Å². The van der Waals surface area contributed by atoms with Gasteiger partial charge in [-0.1, -0.05) is 24.3 Å². The first-order chi connectivity index (χ1) is 11.6. The van der Waals surface area contributed by atoms with Gasteiger partial charge >= 0.3 is 0 Å². The number of amides is 2. The summed E-state index contributed by atoms with van der Waals surface area (Å²) in [5.74, 6) is -0.750. The van der Waals surface area contributed by atoms with Crippen molar-refractivity contribution in [1.29, 1.82) is 0 Å². The largest absolute Gasteiger partial charge is 0.368 e. The zero-order chi connectivity index (χ0) is 16.9. The fourth-order valence-corrected chi connectivity index (χ4v) is 3.25. The maximum atomic E-state index is 12.3. The predicted molar refractivity (Wildman–Crippen MR) is 95.0 cm³/mol. The number of nitrogens with one attached hydrogen (secondary N) is 1. The quantitative estimate of drug-likeness (QED) is 0.834. The molecule has 0 radical (unpaired) electrons. The van der Waals surface area contributed by atoms with Crippen molar-refractivity contribution in [1.82, 2.24) is 5.32 Å². The van der Waals surface area contributed by atoms with Gasteiger partial charge in [0.15, 0.2) is 0 Å². The van der Waals surface area contributed by atoms with E-state index < -0.39 is 11.9 Å². The van der Waals surface area contributed by atoms with E-state index >= 15 is 0 Å². The Labute approximate surface area is 144 Å². The van der Waals surface area contributed by atoms with Crippen molar-refractivity contribution in [3.63, 3.8) is 0 Å². The Morgan fingerprint density at radius 1 is 1.25 bits per heavy atom. The fraction of sp³-hybridized carbons (Fsp3) is 0.235. The molecule has 7 heteroatoms.